The quantitative estimate of drug-likeness (QED) is 0.618. The second-order valence-electron chi connectivity index (χ2n) is 4.41. The van der Waals surface area contributed by atoms with E-state index in [9.17, 15) is 0 Å². The Morgan fingerprint density at radius 3 is 2.64 bits per heavy atom. The monoisotopic (exact) mass is 185 g/mol. The van der Waals surface area contributed by atoms with E-state index in [-0.39, 0.29) is 0 Å². The first-order chi connectivity index (χ1) is 6.77. The third kappa shape index (κ3) is 0.899. The smallest absolute Gasteiger partial charge is 0.0355 e. The van der Waals surface area contributed by atoms with Gasteiger partial charge in [-0.25, -0.2) is 0 Å². The van der Waals surface area contributed by atoms with Crippen LogP contribution in [0.4, 0.5) is 5.69 Å². The van der Waals surface area contributed by atoms with Crippen molar-refractivity contribution in [2.75, 3.05) is 5.73 Å². The highest BCUT2D eigenvalue weighted by Crippen LogP contribution is 2.40. The first-order valence-electron chi connectivity index (χ1n) is 5.38. The standard InChI is InChI=1S/C13H15N/c1-8-5-6-10-9-3-2-4-11(9)13(14)7-12(8)10/h7H,1-6,14H2. The summed E-state index contributed by atoms with van der Waals surface area (Å²) in [4.78, 5) is 0. The van der Waals surface area contributed by atoms with E-state index >= 15 is 0 Å². The molecule has 72 valence electrons. The van der Waals surface area contributed by atoms with Crippen molar-refractivity contribution in [1.82, 2.24) is 0 Å². The zero-order valence-electron chi connectivity index (χ0n) is 8.40. The maximum atomic E-state index is 6.07. The molecular formula is C13H15N. The van der Waals surface area contributed by atoms with Crippen LogP contribution in [0.3, 0.4) is 0 Å². The Balaban J connectivity index is 2.31. The fourth-order valence-electron chi connectivity index (χ4n) is 2.90. The van der Waals surface area contributed by atoms with E-state index in [4.69, 9.17) is 5.73 Å². The van der Waals surface area contributed by atoms with E-state index < -0.39 is 0 Å². The molecule has 0 saturated heterocycles. The van der Waals surface area contributed by atoms with Crippen LogP contribution in [0.1, 0.15) is 35.1 Å². The predicted molar refractivity (Wildman–Crippen MR) is 60.2 cm³/mol. The molecule has 0 aromatic heterocycles. The summed E-state index contributed by atoms with van der Waals surface area (Å²) in [5, 5.41) is 0. The van der Waals surface area contributed by atoms with E-state index in [0.29, 0.717) is 0 Å². The molecule has 1 nitrogen and oxygen atoms in total. The molecule has 0 atom stereocenters. The van der Waals surface area contributed by atoms with Gasteiger partial charge in [0.2, 0.25) is 0 Å². The first kappa shape index (κ1) is 8.10. The van der Waals surface area contributed by atoms with Crippen LogP contribution >= 0.6 is 0 Å². The molecule has 0 heterocycles. The minimum absolute atomic E-state index is 0.999. The normalized spacial score (nSPS) is 18.4. The highest BCUT2D eigenvalue weighted by atomic mass is 14.6. The SMILES string of the molecule is C=C1CCc2c1cc(N)c1c2CCC1. The molecule has 1 aromatic carbocycles. The zero-order chi connectivity index (χ0) is 9.71. The van der Waals surface area contributed by atoms with Gasteiger partial charge in [0.1, 0.15) is 0 Å². The number of hydrogen-bond acceptors (Lipinski definition) is 1. The zero-order valence-corrected chi connectivity index (χ0v) is 8.40. The van der Waals surface area contributed by atoms with Gasteiger partial charge in [-0.3, -0.25) is 0 Å². The third-order valence-corrected chi connectivity index (χ3v) is 3.61. The Kier molecular flexibility index (Phi) is 1.52. The molecule has 1 heteroatoms. The van der Waals surface area contributed by atoms with Crippen LogP contribution in [0.2, 0.25) is 0 Å². The number of allylic oxidation sites excluding steroid dienone is 1. The number of anilines is 1. The summed E-state index contributed by atoms with van der Waals surface area (Å²) in [6.07, 6.45) is 6.02. The van der Waals surface area contributed by atoms with E-state index in [1.54, 1.807) is 11.1 Å². The van der Waals surface area contributed by atoms with E-state index in [2.05, 4.69) is 12.6 Å². The molecule has 0 fully saturated rings. The minimum Gasteiger partial charge on any atom is -0.398 e. The lowest BCUT2D eigenvalue weighted by molar-refractivity contribution is 0.905. The van der Waals surface area contributed by atoms with Gasteiger partial charge in [-0.15, -0.1) is 0 Å². The van der Waals surface area contributed by atoms with Crippen LogP contribution in [0.15, 0.2) is 12.6 Å². The number of benzene rings is 1. The molecule has 0 radical (unpaired) electrons. The molecule has 0 bridgehead atoms. The fourth-order valence-corrected chi connectivity index (χ4v) is 2.90. The topological polar surface area (TPSA) is 26.0 Å². The second-order valence-corrected chi connectivity index (χ2v) is 4.41. The Morgan fingerprint density at radius 2 is 1.79 bits per heavy atom. The summed E-state index contributed by atoms with van der Waals surface area (Å²) in [6.45, 7) is 4.11. The van der Waals surface area contributed by atoms with Gasteiger partial charge in [-0.1, -0.05) is 6.58 Å². The van der Waals surface area contributed by atoms with Crippen LogP contribution < -0.4 is 5.73 Å². The molecule has 2 aliphatic carbocycles. The van der Waals surface area contributed by atoms with Crippen molar-refractivity contribution < 1.29 is 0 Å². The van der Waals surface area contributed by atoms with E-state index in [1.165, 1.54) is 42.4 Å². The maximum absolute atomic E-state index is 6.07. The molecule has 0 unspecified atom stereocenters. The van der Waals surface area contributed by atoms with Crippen molar-refractivity contribution in [1.29, 1.82) is 0 Å². The van der Waals surface area contributed by atoms with Crippen LogP contribution in [0.25, 0.3) is 5.57 Å². The van der Waals surface area contributed by atoms with E-state index in [0.717, 1.165) is 12.1 Å². The number of fused-ring (bicyclic) bond motifs is 3. The summed E-state index contributed by atoms with van der Waals surface area (Å²) < 4.78 is 0. The molecule has 2 aliphatic rings. The lowest BCUT2D eigenvalue weighted by Gasteiger charge is -2.10. The Bertz CT molecular complexity index is 429. The lowest BCUT2D eigenvalue weighted by Crippen LogP contribution is -1.98. The van der Waals surface area contributed by atoms with Crippen LogP contribution in [0.5, 0.6) is 0 Å². The van der Waals surface area contributed by atoms with Gasteiger partial charge in [-0.05, 0) is 66.0 Å². The molecule has 0 spiro atoms. The average molecular weight is 185 g/mol. The molecule has 1 aromatic rings. The maximum Gasteiger partial charge on any atom is 0.0355 e. The van der Waals surface area contributed by atoms with Crippen LogP contribution in [-0.4, -0.2) is 0 Å². The van der Waals surface area contributed by atoms with Gasteiger partial charge < -0.3 is 5.73 Å². The van der Waals surface area contributed by atoms with Crippen molar-refractivity contribution in [3.05, 3.63) is 34.9 Å². The minimum atomic E-state index is 0.999. The predicted octanol–water partition coefficient (Wildman–Crippen LogP) is 2.72. The molecule has 0 aliphatic heterocycles. The molecule has 2 N–H and O–H groups in total. The number of nitrogens with two attached hydrogens (primary N) is 1. The van der Waals surface area contributed by atoms with Gasteiger partial charge in [0, 0.05) is 5.69 Å². The second kappa shape index (κ2) is 2.63. The van der Waals surface area contributed by atoms with Crippen LogP contribution in [-0.2, 0) is 19.3 Å². The average Bonchev–Trinajstić information content (AvgIpc) is 2.74. The van der Waals surface area contributed by atoms with E-state index in [1.807, 2.05) is 0 Å². The van der Waals surface area contributed by atoms with Gasteiger partial charge in [0.05, 0.1) is 0 Å². The summed E-state index contributed by atoms with van der Waals surface area (Å²) >= 11 is 0. The number of rotatable bonds is 0. The lowest BCUT2D eigenvalue weighted by atomic mass is 9.97. The van der Waals surface area contributed by atoms with Crippen molar-refractivity contribution in [2.24, 2.45) is 0 Å². The highest BCUT2D eigenvalue weighted by Gasteiger charge is 2.24. The van der Waals surface area contributed by atoms with Gasteiger partial charge in [-0.2, -0.15) is 0 Å². The van der Waals surface area contributed by atoms with Crippen molar-refractivity contribution in [3.8, 4) is 0 Å². The number of nitrogen functional groups attached to an aromatic ring is 1. The van der Waals surface area contributed by atoms with Crippen molar-refractivity contribution >= 4 is 11.3 Å². The Morgan fingerprint density at radius 1 is 1.00 bits per heavy atom. The van der Waals surface area contributed by atoms with Gasteiger partial charge in [0.15, 0.2) is 0 Å². The van der Waals surface area contributed by atoms with Crippen molar-refractivity contribution in [2.45, 2.75) is 32.1 Å². The fraction of sp³-hybridized carbons (Fsp3) is 0.385. The first-order valence-corrected chi connectivity index (χ1v) is 5.38. The molecule has 14 heavy (non-hydrogen) atoms. The molecule has 0 saturated carbocycles. The molecule has 0 amide bonds. The number of hydrogen-bond donors (Lipinski definition) is 1. The third-order valence-electron chi connectivity index (χ3n) is 3.61. The van der Waals surface area contributed by atoms with Gasteiger partial charge >= 0.3 is 0 Å². The Labute approximate surface area is 84.6 Å². The largest absolute Gasteiger partial charge is 0.398 e. The summed E-state index contributed by atoms with van der Waals surface area (Å²) in [5.41, 5.74) is 14.2. The summed E-state index contributed by atoms with van der Waals surface area (Å²) in [5.74, 6) is 0. The van der Waals surface area contributed by atoms with Crippen LogP contribution in [0, 0.1) is 0 Å². The summed E-state index contributed by atoms with van der Waals surface area (Å²) in [6, 6.07) is 2.15. The van der Waals surface area contributed by atoms with Gasteiger partial charge in [0.25, 0.3) is 0 Å². The Hall–Kier alpha value is -1.24. The van der Waals surface area contributed by atoms with Crippen molar-refractivity contribution in [3.63, 3.8) is 0 Å². The molecule has 3 rings (SSSR count). The molecular weight excluding hydrogens is 170 g/mol. The summed E-state index contributed by atoms with van der Waals surface area (Å²) in [7, 11) is 0. The highest BCUT2D eigenvalue weighted by molar-refractivity contribution is 5.77.